The van der Waals surface area contributed by atoms with Gasteiger partial charge in [-0.15, -0.1) is 0 Å². The van der Waals surface area contributed by atoms with Gasteiger partial charge in [-0.25, -0.2) is 9.97 Å². The van der Waals surface area contributed by atoms with Gasteiger partial charge in [-0.3, -0.25) is 0 Å². The number of hydrogen-bond acceptors (Lipinski definition) is 4. The summed E-state index contributed by atoms with van der Waals surface area (Å²) in [5.41, 5.74) is 2.08. The van der Waals surface area contributed by atoms with E-state index in [1.807, 2.05) is 30.2 Å². The third-order valence-corrected chi connectivity index (χ3v) is 4.77. The highest BCUT2D eigenvalue weighted by Gasteiger charge is 2.34. The Balaban J connectivity index is 1.82. The van der Waals surface area contributed by atoms with E-state index in [9.17, 15) is 0 Å². The van der Waals surface area contributed by atoms with Crippen molar-refractivity contribution in [1.82, 2.24) is 14.5 Å². The molecule has 5 nitrogen and oxygen atoms in total. The van der Waals surface area contributed by atoms with Gasteiger partial charge >= 0.3 is 0 Å². The highest BCUT2D eigenvalue weighted by atomic mass is 16.5. The third-order valence-electron chi connectivity index (χ3n) is 4.77. The molecule has 2 aromatic heterocycles. The molecule has 0 amide bonds. The van der Waals surface area contributed by atoms with Crippen LogP contribution >= 0.6 is 0 Å². The summed E-state index contributed by atoms with van der Waals surface area (Å²) >= 11 is 0. The highest BCUT2D eigenvalue weighted by molar-refractivity contribution is 5.85. The van der Waals surface area contributed by atoms with E-state index in [0.717, 1.165) is 49.1 Å². The van der Waals surface area contributed by atoms with Gasteiger partial charge in [0.25, 0.3) is 0 Å². The Kier molecular flexibility index (Phi) is 3.85. The van der Waals surface area contributed by atoms with Crippen LogP contribution in [0.5, 0.6) is 0 Å². The van der Waals surface area contributed by atoms with Crippen LogP contribution in [-0.4, -0.2) is 32.8 Å². The normalized spacial score (nSPS) is 21.6. The first kappa shape index (κ1) is 14.3. The molecule has 3 heterocycles. The minimum absolute atomic E-state index is 0.0218. The Morgan fingerprint density at radius 1 is 1.38 bits per heavy atom. The molecule has 3 rings (SSSR count). The zero-order valence-electron chi connectivity index (χ0n) is 13.1. The minimum Gasteiger partial charge on any atom is -0.375 e. The van der Waals surface area contributed by atoms with E-state index >= 15 is 0 Å². The number of aromatic nitrogens is 3. The molecule has 0 aliphatic carbocycles. The van der Waals surface area contributed by atoms with Crippen molar-refractivity contribution in [3.05, 3.63) is 18.6 Å². The maximum Gasteiger partial charge on any atom is 0.154 e. The van der Waals surface area contributed by atoms with Crippen molar-refractivity contribution in [2.75, 3.05) is 11.9 Å². The van der Waals surface area contributed by atoms with E-state index in [1.54, 1.807) is 0 Å². The van der Waals surface area contributed by atoms with Gasteiger partial charge in [0, 0.05) is 25.9 Å². The van der Waals surface area contributed by atoms with Crippen molar-refractivity contribution < 1.29 is 4.74 Å². The van der Waals surface area contributed by atoms with Gasteiger partial charge in [0.2, 0.25) is 0 Å². The Bertz CT molecular complexity index is 618. The Labute approximate surface area is 125 Å². The van der Waals surface area contributed by atoms with E-state index in [1.165, 1.54) is 0 Å². The van der Waals surface area contributed by atoms with Gasteiger partial charge in [0.05, 0.1) is 17.4 Å². The first-order chi connectivity index (χ1) is 10.2. The van der Waals surface area contributed by atoms with Crippen molar-refractivity contribution >= 4 is 16.9 Å². The number of imidazole rings is 1. The lowest BCUT2D eigenvalue weighted by molar-refractivity contribution is -0.0864. The average Bonchev–Trinajstić information content (AvgIpc) is 2.90. The smallest absolute Gasteiger partial charge is 0.154 e. The third kappa shape index (κ3) is 2.62. The van der Waals surface area contributed by atoms with E-state index in [4.69, 9.17) is 4.74 Å². The summed E-state index contributed by atoms with van der Waals surface area (Å²) in [5, 5.41) is 3.59. The zero-order chi connectivity index (χ0) is 14.9. The monoisotopic (exact) mass is 288 g/mol. The average molecular weight is 288 g/mol. The van der Waals surface area contributed by atoms with Crippen LogP contribution in [0, 0.1) is 0 Å². The van der Waals surface area contributed by atoms with Crippen molar-refractivity contribution in [3.63, 3.8) is 0 Å². The quantitative estimate of drug-likeness (QED) is 0.939. The van der Waals surface area contributed by atoms with Crippen LogP contribution < -0.4 is 5.32 Å². The van der Waals surface area contributed by atoms with E-state index < -0.39 is 0 Å². The minimum atomic E-state index is 0.0218. The van der Waals surface area contributed by atoms with Crippen LogP contribution in [0.25, 0.3) is 11.0 Å². The lowest BCUT2D eigenvalue weighted by Gasteiger charge is -2.40. The van der Waals surface area contributed by atoms with Gasteiger partial charge < -0.3 is 14.6 Å². The Morgan fingerprint density at radius 3 is 2.95 bits per heavy atom. The van der Waals surface area contributed by atoms with Crippen LogP contribution in [0.2, 0.25) is 0 Å². The van der Waals surface area contributed by atoms with Crippen LogP contribution in [0.3, 0.4) is 0 Å². The fraction of sp³-hybridized carbons (Fsp3) is 0.625. The van der Waals surface area contributed by atoms with Crippen LogP contribution in [0.4, 0.5) is 5.82 Å². The second-order valence-electron chi connectivity index (χ2n) is 5.96. The molecule has 1 saturated heterocycles. The molecule has 1 aliphatic rings. The Hall–Kier alpha value is -1.62. The number of pyridine rings is 1. The van der Waals surface area contributed by atoms with Crippen molar-refractivity contribution in [2.45, 2.75) is 51.2 Å². The number of rotatable bonds is 4. The standard InChI is InChI=1S/C16H24N4O/c1-4-16(5-2)10-12(7-9-21-16)19-15-14-13(6-8-17-15)20(3)11-18-14/h6,8,11-12H,4-5,7,9-10H2,1-3H3,(H,17,19). The van der Waals surface area contributed by atoms with E-state index in [0.29, 0.717) is 6.04 Å². The van der Waals surface area contributed by atoms with Gasteiger partial charge in [0.15, 0.2) is 5.82 Å². The number of nitrogens with zero attached hydrogens (tertiary/aromatic N) is 3. The molecule has 0 aromatic carbocycles. The predicted octanol–water partition coefficient (Wildman–Crippen LogP) is 3.12. The fourth-order valence-corrected chi connectivity index (χ4v) is 3.25. The lowest BCUT2D eigenvalue weighted by atomic mass is 9.86. The molecule has 0 radical (unpaired) electrons. The molecule has 1 aliphatic heterocycles. The number of hydrogen-bond donors (Lipinski definition) is 1. The summed E-state index contributed by atoms with van der Waals surface area (Å²) in [6.07, 6.45) is 7.85. The number of aryl methyl sites for hydroxylation is 1. The summed E-state index contributed by atoms with van der Waals surface area (Å²) in [7, 11) is 2.01. The molecule has 1 atom stereocenters. The molecule has 1 fully saturated rings. The molecular weight excluding hydrogens is 264 g/mol. The molecule has 1 unspecified atom stereocenters. The number of fused-ring (bicyclic) bond motifs is 1. The van der Waals surface area contributed by atoms with Crippen LogP contribution in [-0.2, 0) is 11.8 Å². The number of anilines is 1. The number of ether oxygens (including phenoxy) is 1. The van der Waals surface area contributed by atoms with Gasteiger partial charge in [-0.1, -0.05) is 13.8 Å². The predicted molar refractivity (Wildman–Crippen MR) is 84.4 cm³/mol. The van der Waals surface area contributed by atoms with Gasteiger partial charge in [-0.2, -0.15) is 0 Å². The SMILES string of the molecule is CCC1(CC)CC(Nc2nccc3c2ncn3C)CCO1. The zero-order valence-corrected chi connectivity index (χ0v) is 13.1. The maximum absolute atomic E-state index is 6.04. The van der Waals surface area contributed by atoms with Crippen molar-refractivity contribution in [1.29, 1.82) is 0 Å². The molecule has 0 saturated carbocycles. The molecule has 5 heteroatoms. The van der Waals surface area contributed by atoms with E-state index in [-0.39, 0.29) is 5.60 Å². The summed E-state index contributed by atoms with van der Waals surface area (Å²) in [5.74, 6) is 0.890. The van der Waals surface area contributed by atoms with Crippen LogP contribution in [0.1, 0.15) is 39.5 Å². The molecular formula is C16H24N4O. The summed E-state index contributed by atoms with van der Waals surface area (Å²) in [6, 6.07) is 2.40. The Morgan fingerprint density at radius 2 is 2.19 bits per heavy atom. The maximum atomic E-state index is 6.04. The molecule has 0 spiro atoms. The molecule has 1 N–H and O–H groups in total. The molecule has 21 heavy (non-hydrogen) atoms. The van der Waals surface area contributed by atoms with Crippen LogP contribution in [0.15, 0.2) is 18.6 Å². The molecule has 114 valence electrons. The summed E-state index contributed by atoms with van der Waals surface area (Å²) in [4.78, 5) is 8.95. The second-order valence-corrected chi connectivity index (χ2v) is 5.96. The van der Waals surface area contributed by atoms with Gasteiger partial charge in [-0.05, 0) is 31.7 Å². The highest BCUT2D eigenvalue weighted by Crippen LogP contribution is 2.33. The second kappa shape index (κ2) is 5.64. The van der Waals surface area contributed by atoms with Crippen molar-refractivity contribution in [3.8, 4) is 0 Å². The summed E-state index contributed by atoms with van der Waals surface area (Å²) in [6.45, 7) is 5.24. The fourth-order valence-electron chi connectivity index (χ4n) is 3.25. The largest absolute Gasteiger partial charge is 0.375 e. The molecule has 2 aromatic rings. The van der Waals surface area contributed by atoms with Gasteiger partial charge in [0.1, 0.15) is 5.52 Å². The van der Waals surface area contributed by atoms with Crippen molar-refractivity contribution in [2.24, 2.45) is 7.05 Å². The topological polar surface area (TPSA) is 52.0 Å². The molecule has 0 bridgehead atoms. The first-order valence-electron chi connectivity index (χ1n) is 7.84. The summed E-state index contributed by atoms with van der Waals surface area (Å²) < 4.78 is 8.07. The van der Waals surface area contributed by atoms with E-state index in [2.05, 4.69) is 29.1 Å². The number of nitrogens with one attached hydrogen (secondary N) is 1. The lowest BCUT2D eigenvalue weighted by Crippen LogP contribution is -2.43. The first-order valence-corrected chi connectivity index (χ1v) is 7.84.